The van der Waals surface area contributed by atoms with E-state index in [4.69, 9.17) is 17.3 Å². The minimum atomic E-state index is -0.446. The second-order valence-electron chi connectivity index (χ2n) is 3.64. The first kappa shape index (κ1) is 12.0. The zero-order valence-electron chi connectivity index (χ0n) is 8.74. The summed E-state index contributed by atoms with van der Waals surface area (Å²) in [5.41, 5.74) is 6.04. The standard InChI is InChI=1S/C9H15ClN4O/c1-5(2)7(15)4-12-8-6(11)3-13-9(10)14-8/h3,5,7,15H,4,11H2,1-2H3,(H,12,13,14). The molecule has 0 aliphatic heterocycles. The van der Waals surface area contributed by atoms with Gasteiger partial charge in [-0.15, -0.1) is 0 Å². The highest BCUT2D eigenvalue weighted by Crippen LogP contribution is 2.16. The second-order valence-corrected chi connectivity index (χ2v) is 3.97. The number of rotatable bonds is 4. The quantitative estimate of drug-likeness (QED) is 0.676. The normalized spacial score (nSPS) is 12.9. The summed E-state index contributed by atoms with van der Waals surface area (Å²) in [6.45, 7) is 4.25. The van der Waals surface area contributed by atoms with Crippen LogP contribution in [0.25, 0.3) is 0 Å². The van der Waals surface area contributed by atoms with Gasteiger partial charge in [-0.05, 0) is 17.5 Å². The van der Waals surface area contributed by atoms with Gasteiger partial charge in [0.05, 0.1) is 18.0 Å². The molecule has 0 amide bonds. The van der Waals surface area contributed by atoms with Crippen LogP contribution in [0.1, 0.15) is 13.8 Å². The molecule has 5 nitrogen and oxygen atoms in total. The Hall–Kier alpha value is -1.07. The number of halogens is 1. The minimum absolute atomic E-state index is 0.130. The summed E-state index contributed by atoms with van der Waals surface area (Å²) in [6, 6.07) is 0. The number of aromatic nitrogens is 2. The van der Waals surface area contributed by atoms with Crippen LogP contribution in [0.3, 0.4) is 0 Å². The van der Waals surface area contributed by atoms with Crippen molar-refractivity contribution in [2.75, 3.05) is 17.6 Å². The first-order valence-corrected chi connectivity index (χ1v) is 5.08. The van der Waals surface area contributed by atoms with Crippen LogP contribution in [0, 0.1) is 5.92 Å². The molecule has 6 heteroatoms. The molecule has 1 unspecified atom stereocenters. The fraction of sp³-hybridized carbons (Fsp3) is 0.556. The van der Waals surface area contributed by atoms with E-state index in [1.54, 1.807) is 0 Å². The van der Waals surface area contributed by atoms with E-state index < -0.39 is 6.10 Å². The molecule has 0 saturated heterocycles. The van der Waals surface area contributed by atoms with Crippen LogP contribution in [-0.2, 0) is 0 Å². The number of nitrogen functional groups attached to an aromatic ring is 1. The van der Waals surface area contributed by atoms with Crippen LogP contribution >= 0.6 is 11.6 Å². The maximum absolute atomic E-state index is 9.57. The van der Waals surface area contributed by atoms with Gasteiger partial charge in [0.15, 0.2) is 5.82 Å². The van der Waals surface area contributed by atoms with Crippen molar-refractivity contribution in [1.29, 1.82) is 0 Å². The minimum Gasteiger partial charge on any atom is -0.394 e. The van der Waals surface area contributed by atoms with E-state index in [1.807, 2.05) is 13.8 Å². The molecule has 1 atom stereocenters. The van der Waals surface area contributed by atoms with Gasteiger partial charge in [0.25, 0.3) is 0 Å². The molecule has 84 valence electrons. The SMILES string of the molecule is CC(C)C(O)CNc1nc(Cl)ncc1N. The molecular formula is C9H15ClN4O. The van der Waals surface area contributed by atoms with Gasteiger partial charge in [-0.2, -0.15) is 4.98 Å². The molecule has 0 fully saturated rings. The van der Waals surface area contributed by atoms with Crippen LogP contribution in [0.2, 0.25) is 5.28 Å². The molecule has 1 heterocycles. The zero-order valence-corrected chi connectivity index (χ0v) is 9.49. The van der Waals surface area contributed by atoms with Gasteiger partial charge in [-0.1, -0.05) is 13.8 Å². The third kappa shape index (κ3) is 3.53. The Balaban J connectivity index is 2.61. The Kier molecular flexibility index (Phi) is 4.11. The predicted molar refractivity (Wildman–Crippen MR) is 60.8 cm³/mol. The lowest BCUT2D eigenvalue weighted by atomic mass is 10.1. The van der Waals surface area contributed by atoms with Crippen LogP contribution in [0.5, 0.6) is 0 Å². The van der Waals surface area contributed by atoms with Crippen molar-refractivity contribution in [2.45, 2.75) is 20.0 Å². The maximum Gasteiger partial charge on any atom is 0.224 e. The molecule has 1 aromatic rings. The van der Waals surface area contributed by atoms with Gasteiger partial charge < -0.3 is 16.2 Å². The zero-order chi connectivity index (χ0) is 11.4. The molecule has 0 spiro atoms. The third-order valence-corrected chi connectivity index (χ3v) is 2.22. The van der Waals surface area contributed by atoms with Gasteiger partial charge >= 0.3 is 0 Å². The molecule has 0 aliphatic carbocycles. The van der Waals surface area contributed by atoms with E-state index in [9.17, 15) is 5.11 Å². The van der Waals surface area contributed by atoms with Crippen molar-refractivity contribution < 1.29 is 5.11 Å². The molecule has 1 aromatic heterocycles. The number of anilines is 2. The summed E-state index contributed by atoms with van der Waals surface area (Å²) in [7, 11) is 0. The number of nitrogens with one attached hydrogen (secondary N) is 1. The summed E-state index contributed by atoms with van der Waals surface area (Å²) < 4.78 is 0. The summed E-state index contributed by atoms with van der Waals surface area (Å²) >= 11 is 5.61. The van der Waals surface area contributed by atoms with Crippen LogP contribution in [0.4, 0.5) is 11.5 Å². The smallest absolute Gasteiger partial charge is 0.224 e. The highest BCUT2D eigenvalue weighted by Gasteiger charge is 2.10. The highest BCUT2D eigenvalue weighted by atomic mass is 35.5. The molecule has 0 radical (unpaired) electrons. The van der Waals surface area contributed by atoms with Crippen molar-refractivity contribution >= 4 is 23.1 Å². The largest absolute Gasteiger partial charge is 0.394 e. The van der Waals surface area contributed by atoms with E-state index >= 15 is 0 Å². The Morgan fingerprint density at radius 2 is 2.27 bits per heavy atom. The second kappa shape index (κ2) is 5.14. The molecule has 4 N–H and O–H groups in total. The van der Waals surface area contributed by atoms with E-state index in [0.717, 1.165) is 0 Å². The summed E-state index contributed by atoms with van der Waals surface area (Å²) in [5.74, 6) is 0.630. The van der Waals surface area contributed by atoms with Crippen molar-refractivity contribution in [3.8, 4) is 0 Å². The molecule has 0 bridgehead atoms. The average Bonchev–Trinajstić information content (AvgIpc) is 2.18. The fourth-order valence-electron chi connectivity index (χ4n) is 0.948. The molecule has 0 aromatic carbocycles. The van der Waals surface area contributed by atoms with Crippen molar-refractivity contribution in [1.82, 2.24) is 9.97 Å². The lowest BCUT2D eigenvalue weighted by Gasteiger charge is -2.16. The molecule has 0 aliphatic rings. The summed E-state index contributed by atoms with van der Waals surface area (Å²) in [5, 5.41) is 12.6. The van der Waals surface area contributed by atoms with Crippen molar-refractivity contribution in [2.24, 2.45) is 5.92 Å². The van der Waals surface area contributed by atoms with E-state index in [-0.39, 0.29) is 11.2 Å². The number of nitrogens with two attached hydrogens (primary N) is 1. The molecular weight excluding hydrogens is 216 g/mol. The Morgan fingerprint density at radius 3 is 2.87 bits per heavy atom. The number of aliphatic hydroxyl groups excluding tert-OH is 1. The third-order valence-electron chi connectivity index (χ3n) is 2.04. The molecule has 1 rings (SSSR count). The lowest BCUT2D eigenvalue weighted by Crippen LogP contribution is -2.25. The summed E-state index contributed by atoms with van der Waals surface area (Å²) in [4.78, 5) is 7.64. The Morgan fingerprint density at radius 1 is 1.60 bits per heavy atom. The van der Waals surface area contributed by atoms with Crippen LogP contribution in [0.15, 0.2) is 6.20 Å². The lowest BCUT2D eigenvalue weighted by molar-refractivity contribution is 0.138. The van der Waals surface area contributed by atoms with Crippen LogP contribution in [-0.4, -0.2) is 27.7 Å². The average molecular weight is 231 g/mol. The highest BCUT2D eigenvalue weighted by molar-refractivity contribution is 6.28. The van der Waals surface area contributed by atoms with Gasteiger partial charge in [-0.3, -0.25) is 0 Å². The van der Waals surface area contributed by atoms with Crippen molar-refractivity contribution in [3.63, 3.8) is 0 Å². The monoisotopic (exact) mass is 230 g/mol. The number of hydrogen-bond acceptors (Lipinski definition) is 5. The number of nitrogens with zero attached hydrogens (tertiary/aromatic N) is 2. The van der Waals surface area contributed by atoms with E-state index in [0.29, 0.717) is 18.1 Å². The first-order chi connectivity index (χ1) is 7.00. The van der Waals surface area contributed by atoms with Crippen molar-refractivity contribution in [3.05, 3.63) is 11.5 Å². The molecule has 15 heavy (non-hydrogen) atoms. The maximum atomic E-state index is 9.57. The van der Waals surface area contributed by atoms with Crippen LogP contribution < -0.4 is 11.1 Å². The van der Waals surface area contributed by atoms with Gasteiger partial charge in [0.1, 0.15) is 0 Å². The van der Waals surface area contributed by atoms with E-state index in [2.05, 4.69) is 15.3 Å². The fourth-order valence-corrected chi connectivity index (χ4v) is 1.08. The van der Waals surface area contributed by atoms with E-state index in [1.165, 1.54) is 6.20 Å². The topological polar surface area (TPSA) is 84.1 Å². The van der Waals surface area contributed by atoms with Gasteiger partial charge in [0, 0.05) is 6.54 Å². The Labute approximate surface area is 93.7 Å². The predicted octanol–water partition coefficient (Wildman–Crippen LogP) is 1.14. The number of hydrogen-bond donors (Lipinski definition) is 3. The van der Waals surface area contributed by atoms with Gasteiger partial charge in [0.2, 0.25) is 5.28 Å². The molecule has 0 saturated carbocycles. The number of aliphatic hydroxyl groups is 1. The Bertz CT molecular complexity index is 332. The van der Waals surface area contributed by atoms with Gasteiger partial charge in [-0.25, -0.2) is 4.98 Å². The summed E-state index contributed by atoms with van der Waals surface area (Å²) in [6.07, 6.45) is 0.984. The first-order valence-electron chi connectivity index (χ1n) is 4.70.